The summed E-state index contributed by atoms with van der Waals surface area (Å²) < 4.78 is 10.8. The summed E-state index contributed by atoms with van der Waals surface area (Å²) in [5, 5.41) is 5.10. The smallest absolute Gasteiger partial charge is 0.264 e. The molecule has 3 aliphatic rings. The molecule has 0 spiro atoms. The van der Waals surface area contributed by atoms with Crippen molar-refractivity contribution in [1.29, 1.82) is 0 Å². The molecule has 1 atom stereocenters. The predicted molar refractivity (Wildman–Crippen MR) is 122 cm³/mol. The fraction of sp³-hybridized carbons (Fsp3) is 0.500. The van der Waals surface area contributed by atoms with Gasteiger partial charge in [-0.3, -0.25) is 14.5 Å². The fourth-order valence-electron chi connectivity index (χ4n) is 5.06. The van der Waals surface area contributed by atoms with Crippen molar-refractivity contribution in [2.24, 2.45) is 5.92 Å². The van der Waals surface area contributed by atoms with Crippen molar-refractivity contribution < 1.29 is 19.1 Å². The maximum Gasteiger partial charge on any atom is 0.264 e. The lowest BCUT2D eigenvalue weighted by atomic mass is 9.95. The minimum Gasteiger partial charge on any atom is -0.454 e. The zero-order valence-electron chi connectivity index (χ0n) is 18.1. The van der Waals surface area contributed by atoms with Crippen LogP contribution in [0.3, 0.4) is 0 Å². The van der Waals surface area contributed by atoms with Gasteiger partial charge < -0.3 is 19.7 Å². The third-order valence-corrected chi connectivity index (χ3v) is 7.60. The normalized spacial score (nSPS) is 19.8. The first-order valence-electron chi connectivity index (χ1n) is 11.4. The topological polar surface area (TPSA) is 71.1 Å². The molecule has 32 heavy (non-hydrogen) atoms. The maximum absolute atomic E-state index is 13.4. The Bertz CT molecular complexity index is 950. The highest BCUT2D eigenvalue weighted by Crippen LogP contribution is 2.33. The van der Waals surface area contributed by atoms with Crippen molar-refractivity contribution in [2.75, 3.05) is 33.0 Å². The third-order valence-electron chi connectivity index (χ3n) is 6.75. The van der Waals surface area contributed by atoms with Gasteiger partial charge in [-0.2, -0.15) is 0 Å². The number of rotatable bonds is 6. The lowest BCUT2D eigenvalue weighted by molar-refractivity contribution is -0.129. The van der Waals surface area contributed by atoms with Crippen molar-refractivity contribution in [3.05, 3.63) is 46.2 Å². The molecule has 1 aromatic heterocycles. The summed E-state index contributed by atoms with van der Waals surface area (Å²) in [6, 6.07) is 9.45. The number of ether oxygens (including phenoxy) is 2. The van der Waals surface area contributed by atoms with E-state index in [2.05, 4.69) is 10.2 Å². The van der Waals surface area contributed by atoms with E-state index in [1.165, 1.54) is 24.2 Å². The standard InChI is InChI=1S/C24H29N3O4S/c28-23(25-15-17-7-8-19-20(14-17)31-16-30-19)22(18-4-1-2-5-18)26-9-11-27(12-10-26)24(29)21-6-3-13-32-21/h3,6-8,13-14,18,22H,1-2,4-5,9-12,15-16H2,(H,25,28). The van der Waals surface area contributed by atoms with Gasteiger partial charge in [0, 0.05) is 32.7 Å². The van der Waals surface area contributed by atoms with E-state index in [9.17, 15) is 9.59 Å². The van der Waals surface area contributed by atoms with E-state index < -0.39 is 0 Å². The Kier molecular flexibility index (Phi) is 6.32. The summed E-state index contributed by atoms with van der Waals surface area (Å²) in [6.45, 7) is 3.50. The molecular formula is C24H29N3O4S. The van der Waals surface area contributed by atoms with Gasteiger partial charge in [-0.15, -0.1) is 11.3 Å². The molecule has 2 aromatic rings. The van der Waals surface area contributed by atoms with E-state index in [0.29, 0.717) is 25.6 Å². The van der Waals surface area contributed by atoms with E-state index in [1.54, 1.807) is 0 Å². The van der Waals surface area contributed by atoms with Crippen molar-refractivity contribution in [1.82, 2.24) is 15.1 Å². The second-order valence-electron chi connectivity index (χ2n) is 8.70. The van der Waals surface area contributed by atoms with Gasteiger partial charge in [0.2, 0.25) is 12.7 Å². The lowest BCUT2D eigenvalue weighted by Crippen LogP contribution is -2.57. The molecule has 1 aromatic carbocycles. The number of piperazine rings is 1. The molecule has 1 saturated heterocycles. The van der Waals surface area contributed by atoms with Crippen LogP contribution >= 0.6 is 11.3 Å². The van der Waals surface area contributed by atoms with Gasteiger partial charge in [-0.25, -0.2) is 0 Å². The second-order valence-corrected chi connectivity index (χ2v) is 9.65. The fourth-order valence-corrected chi connectivity index (χ4v) is 5.75. The van der Waals surface area contributed by atoms with E-state index >= 15 is 0 Å². The van der Waals surface area contributed by atoms with E-state index in [0.717, 1.165) is 47.9 Å². The van der Waals surface area contributed by atoms with Crippen LogP contribution in [0.2, 0.25) is 0 Å². The number of thiophene rings is 1. The van der Waals surface area contributed by atoms with Gasteiger partial charge in [-0.1, -0.05) is 25.0 Å². The number of nitrogens with zero attached hydrogens (tertiary/aromatic N) is 2. The van der Waals surface area contributed by atoms with Crippen molar-refractivity contribution in [3.63, 3.8) is 0 Å². The zero-order valence-corrected chi connectivity index (χ0v) is 18.9. The molecule has 0 radical (unpaired) electrons. The van der Waals surface area contributed by atoms with Crippen LogP contribution in [-0.4, -0.2) is 60.6 Å². The number of hydrogen-bond acceptors (Lipinski definition) is 6. The molecule has 170 valence electrons. The minimum absolute atomic E-state index is 0.0904. The summed E-state index contributed by atoms with van der Waals surface area (Å²) >= 11 is 1.48. The molecule has 1 aliphatic carbocycles. The Morgan fingerprint density at radius 2 is 1.84 bits per heavy atom. The second kappa shape index (κ2) is 9.50. The minimum atomic E-state index is -0.134. The Morgan fingerprint density at radius 3 is 2.59 bits per heavy atom. The number of amides is 2. The van der Waals surface area contributed by atoms with E-state index in [-0.39, 0.29) is 24.6 Å². The van der Waals surface area contributed by atoms with Crippen LogP contribution < -0.4 is 14.8 Å². The number of hydrogen-bond donors (Lipinski definition) is 1. The van der Waals surface area contributed by atoms with E-state index in [4.69, 9.17) is 9.47 Å². The van der Waals surface area contributed by atoms with Gasteiger partial charge in [-0.05, 0) is 47.9 Å². The Morgan fingerprint density at radius 1 is 1.06 bits per heavy atom. The highest BCUT2D eigenvalue weighted by Gasteiger charge is 2.37. The first-order chi connectivity index (χ1) is 15.7. The molecule has 2 amide bonds. The first kappa shape index (κ1) is 21.3. The summed E-state index contributed by atoms with van der Waals surface area (Å²) in [6.07, 6.45) is 4.56. The SMILES string of the molecule is O=C(NCc1ccc2c(c1)OCO2)C(C1CCCC1)N1CCN(C(=O)c2cccs2)CC1. The van der Waals surface area contributed by atoms with Crippen LogP contribution in [0.15, 0.2) is 35.7 Å². The van der Waals surface area contributed by atoms with E-state index in [1.807, 2.05) is 40.6 Å². The molecule has 1 N–H and O–H groups in total. The van der Waals surface area contributed by atoms with Gasteiger partial charge >= 0.3 is 0 Å². The van der Waals surface area contributed by atoms with Gasteiger partial charge in [0.1, 0.15) is 0 Å². The highest BCUT2D eigenvalue weighted by molar-refractivity contribution is 7.12. The van der Waals surface area contributed by atoms with Crippen LogP contribution in [0.1, 0.15) is 40.9 Å². The molecule has 8 heteroatoms. The van der Waals surface area contributed by atoms with Crippen LogP contribution in [0.25, 0.3) is 0 Å². The summed E-state index contributed by atoms with van der Waals surface area (Å²) in [5.41, 5.74) is 0.999. The molecule has 1 saturated carbocycles. The Balaban J connectivity index is 1.22. The average Bonchev–Trinajstić information content (AvgIpc) is 3.60. The van der Waals surface area contributed by atoms with Crippen LogP contribution in [0, 0.1) is 5.92 Å². The highest BCUT2D eigenvalue weighted by atomic mass is 32.1. The monoisotopic (exact) mass is 455 g/mol. The molecule has 7 nitrogen and oxygen atoms in total. The molecule has 3 heterocycles. The Labute approximate surface area is 192 Å². The van der Waals surface area contributed by atoms with Crippen molar-refractivity contribution in [3.8, 4) is 11.5 Å². The van der Waals surface area contributed by atoms with Gasteiger partial charge in [0.15, 0.2) is 11.5 Å². The molecular weight excluding hydrogens is 426 g/mol. The molecule has 0 bridgehead atoms. The molecule has 2 fully saturated rings. The largest absolute Gasteiger partial charge is 0.454 e. The first-order valence-corrected chi connectivity index (χ1v) is 12.3. The summed E-state index contributed by atoms with van der Waals surface area (Å²) in [7, 11) is 0. The molecule has 2 aliphatic heterocycles. The number of carbonyl (C=O) groups excluding carboxylic acids is 2. The number of carbonyl (C=O) groups is 2. The Hall–Kier alpha value is -2.58. The number of benzene rings is 1. The third kappa shape index (κ3) is 4.47. The average molecular weight is 456 g/mol. The van der Waals surface area contributed by atoms with Crippen molar-refractivity contribution >= 4 is 23.2 Å². The van der Waals surface area contributed by atoms with Gasteiger partial charge in [0.25, 0.3) is 5.91 Å². The maximum atomic E-state index is 13.4. The quantitative estimate of drug-likeness (QED) is 0.725. The molecule has 1 unspecified atom stereocenters. The van der Waals surface area contributed by atoms with Crippen LogP contribution in [-0.2, 0) is 11.3 Å². The predicted octanol–water partition coefficient (Wildman–Crippen LogP) is 3.11. The molecule has 5 rings (SSSR count). The van der Waals surface area contributed by atoms with Crippen LogP contribution in [0.4, 0.5) is 0 Å². The number of nitrogens with one attached hydrogen (secondary N) is 1. The zero-order chi connectivity index (χ0) is 21.9. The summed E-state index contributed by atoms with van der Waals surface area (Å²) in [4.78, 5) is 31.0. The summed E-state index contributed by atoms with van der Waals surface area (Å²) in [5.74, 6) is 2.05. The number of fused-ring (bicyclic) bond motifs is 1. The van der Waals surface area contributed by atoms with Crippen LogP contribution in [0.5, 0.6) is 11.5 Å². The van der Waals surface area contributed by atoms with Crippen molar-refractivity contribution in [2.45, 2.75) is 38.3 Å². The van der Waals surface area contributed by atoms with Gasteiger partial charge in [0.05, 0.1) is 10.9 Å². The lowest BCUT2D eigenvalue weighted by Gasteiger charge is -2.40.